The van der Waals surface area contributed by atoms with Crippen molar-refractivity contribution >= 4 is 17.9 Å². The number of H-pyrrole nitrogens is 1. The number of fused-ring (bicyclic) bond motifs is 1. The fourth-order valence-electron chi connectivity index (χ4n) is 2.27. The zero-order valence-electron chi connectivity index (χ0n) is 12.2. The van der Waals surface area contributed by atoms with E-state index in [2.05, 4.69) is 4.98 Å². The number of aromatic carboxylic acids is 1. The summed E-state index contributed by atoms with van der Waals surface area (Å²) in [6.07, 6.45) is 0.507. The predicted octanol–water partition coefficient (Wildman–Crippen LogP) is 1.76. The summed E-state index contributed by atoms with van der Waals surface area (Å²) in [7, 11) is 0. The molecule has 0 saturated heterocycles. The van der Waals surface area contributed by atoms with Crippen LogP contribution in [0.5, 0.6) is 0 Å². The van der Waals surface area contributed by atoms with Crippen molar-refractivity contribution in [3.05, 3.63) is 27.5 Å². The number of anilines is 1. The van der Waals surface area contributed by atoms with Gasteiger partial charge in [-0.1, -0.05) is 0 Å². The highest BCUT2D eigenvalue weighted by Gasteiger charge is 2.30. The first kappa shape index (κ1) is 15.1. The molecule has 2 rings (SSSR count). The summed E-state index contributed by atoms with van der Waals surface area (Å²) in [5.41, 5.74) is -0.831. The number of ether oxygens (including phenoxy) is 1. The van der Waals surface area contributed by atoms with Crippen LogP contribution in [0.15, 0.2) is 10.9 Å². The highest BCUT2D eigenvalue weighted by molar-refractivity contribution is 5.94. The standard InChI is InChI=1S/C14H18N2O5/c1-14(2,3)21-13(20)16-6-4-5-8-9(12(18)19)7-10(17)15-11(8)16/h7H,4-6H2,1-3H3,(H,15,17)(H,18,19). The van der Waals surface area contributed by atoms with E-state index in [1.54, 1.807) is 20.8 Å². The number of hydrogen-bond acceptors (Lipinski definition) is 4. The number of hydrogen-bond donors (Lipinski definition) is 2. The van der Waals surface area contributed by atoms with Gasteiger partial charge in [-0.3, -0.25) is 9.69 Å². The Hall–Kier alpha value is -2.31. The van der Waals surface area contributed by atoms with E-state index in [4.69, 9.17) is 4.74 Å². The Morgan fingerprint density at radius 3 is 2.62 bits per heavy atom. The van der Waals surface area contributed by atoms with Gasteiger partial charge in [-0.25, -0.2) is 9.59 Å². The summed E-state index contributed by atoms with van der Waals surface area (Å²) < 4.78 is 5.29. The second-order valence-corrected chi connectivity index (χ2v) is 5.92. The number of rotatable bonds is 1. The number of nitrogens with zero attached hydrogens (tertiary/aromatic N) is 1. The maximum absolute atomic E-state index is 12.2. The van der Waals surface area contributed by atoms with Gasteiger partial charge < -0.3 is 14.8 Å². The summed E-state index contributed by atoms with van der Waals surface area (Å²) >= 11 is 0. The van der Waals surface area contributed by atoms with Crippen molar-refractivity contribution in [3.63, 3.8) is 0 Å². The smallest absolute Gasteiger partial charge is 0.415 e. The van der Waals surface area contributed by atoms with Gasteiger partial charge in [-0.2, -0.15) is 0 Å². The molecule has 0 fully saturated rings. The average Bonchev–Trinajstić information content (AvgIpc) is 2.34. The first-order valence-corrected chi connectivity index (χ1v) is 6.69. The molecule has 114 valence electrons. The monoisotopic (exact) mass is 294 g/mol. The lowest BCUT2D eigenvalue weighted by Crippen LogP contribution is -2.41. The number of aromatic nitrogens is 1. The molecule has 0 saturated carbocycles. The molecule has 2 heterocycles. The summed E-state index contributed by atoms with van der Waals surface area (Å²) in [5.74, 6) is -0.955. The van der Waals surface area contributed by atoms with Gasteiger partial charge in [0.05, 0.1) is 5.56 Å². The van der Waals surface area contributed by atoms with E-state index in [0.29, 0.717) is 24.9 Å². The van der Waals surface area contributed by atoms with Crippen LogP contribution in [-0.4, -0.2) is 34.3 Å². The molecular weight excluding hydrogens is 276 g/mol. The number of pyridine rings is 1. The van der Waals surface area contributed by atoms with Crippen LogP contribution in [0.1, 0.15) is 43.1 Å². The second-order valence-electron chi connectivity index (χ2n) is 5.92. The highest BCUT2D eigenvalue weighted by Crippen LogP contribution is 2.28. The quantitative estimate of drug-likeness (QED) is 0.822. The molecule has 0 unspecified atom stereocenters. The topological polar surface area (TPSA) is 99.7 Å². The van der Waals surface area contributed by atoms with Crippen LogP contribution in [0.4, 0.5) is 10.6 Å². The maximum atomic E-state index is 12.2. The van der Waals surface area contributed by atoms with Crippen LogP contribution in [-0.2, 0) is 11.2 Å². The molecule has 0 aromatic carbocycles. The molecule has 1 aliphatic heterocycles. The molecule has 2 N–H and O–H groups in total. The zero-order chi connectivity index (χ0) is 15.8. The van der Waals surface area contributed by atoms with Gasteiger partial charge in [0.1, 0.15) is 11.4 Å². The number of carboxylic acids is 1. The Bertz CT molecular complexity index is 642. The molecule has 0 atom stereocenters. The summed E-state index contributed by atoms with van der Waals surface area (Å²) in [6.45, 7) is 5.60. The first-order valence-electron chi connectivity index (χ1n) is 6.69. The molecule has 0 bridgehead atoms. The minimum Gasteiger partial charge on any atom is -0.478 e. The fraction of sp³-hybridized carbons (Fsp3) is 0.500. The van der Waals surface area contributed by atoms with Crippen LogP contribution < -0.4 is 10.5 Å². The van der Waals surface area contributed by atoms with Crippen LogP contribution in [0.2, 0.25) is 0 Å². The highest BCUT2D eigenvalue weighted by atomic mass is 16.6. The lowest BCUT2D eigenvalue weighted by Gasteiger charge is -2.31. The van der Waals surface area contributed by atoms with Crippen molar-refractivity contribution in [2.45, 2.75) is 39.2 Å². The molecule has 1 aromatic rings. The number of carboxylic acid groups (broad SMARTS) is 1. The van der Waals surface area contributed by atoms with Crippen molar-refractivity contribution in [1.29, 1.82) is 0 Å². The third kappa shape index (κ3) is 3.24. The lowest BCUT2D eigenvalue weighted by molar-refractivity contribution is 0.0573. The van der Waals surface area contributed by atoms with Crippen molar-refractivity contribution in [2.24, 2.45) is 0 Å². The molecule has 7 nitrogen and oxygen atoms in total. The van der Waals surface area contributed by atoms with Gasteiger partial charge in [-0.05, 0) is 33.6 Å². The van der Waals surface area contributed by atoms with E-state index in [-0.39, 0.29) is 11.4 Å². The molecular formula is C14H18N2O5. The molecule has 0 aliphatic carbocycles. The molecule has 1 aromatic heterocycles. The summed E-state index contributed by atoms with van der Waals surface area (Å²) in [5, 5.41) is 9.19. The van der Waals surface area contributed by atoms with E-state index < -0.39 is 23.2 Å². The Balaban J connectivity index is 2.46. The van der Waals surface area contributed by atoms with E-state index in [9.17, 15) is 19.5 Å². The first-order chi connectivity index (χ1) is 9.69. The van der Waals surface area contributed by atoms with E-state index >= 15 is 0 Å². The van der Waals surface area contributed by atoms with E-state index in [1.807, 2.05) is 0 Å². The van der Waals surface area contributed by atoms with E-state index in [1.165, 1.54) is 4.90 Å². The van der Waals surface area contributed by atoms with Crippen molar-refractivity contribution in [3.8, 4) is 0 Å². The zero-order valence-corrected chi connectivity index (χ0v) is 12.2. The third-order valence-corrected chi connectivity index (χ3v) is 3.05. The van der Waals surface area contributed by atoms with Crippen molar-refractivity contribution in [1.82, 2.24) is 4.98 Å². The second kappa shape index (κ2) is 5.23. The molecule has 7 heteroatoms. The molecule has 0 spiro atoms. The Labute approximate surface area is 121 Å². The van der Waals surface area contributed by atoms with Gasteiger partial charge in [0, 0.05) is 18.2 Å². The summed E-state index contributed by atoms with van der Waals surface area (Å²) in [4.78, 5) is 38.9. The number of carbonyl (C=O) groups excluding carboxylic acids is 1. The Morgan fingerprint density at radius 2 is 2.05 bits per heavy atom. The van der Waals surface area contributed by atoms with Gasteiger partial charge in [0.25, 0.3) is 0 Å². The predicted molar refractivity (Wildman–Crippen MR) is 75.9 cm³/mol. The van der Waals surface area contributed by atoms with Crippen molar-refractivity contribution < 1.29 is 19.4 Å². The largest absolute Gasteiger partial charge is 0.478 e. The van der Waals surface area contributed by atoms with Gasteiger partial charge in [0.15, 0.2) is 0 Å². The number of nitrogens with one attached hydrogen (secondary N) is 1. The maximum Gasteiger partial charge on any atom is 0.415 e. The Morgan fingerprint density at radius 1 is 1.38 bits per heavy atom. The normalized spacial score (nSPS) is 14.5. The van der Waals surface area contributed by atoms with E-state index in [0.717, 1.165) is 6.07 Å². The van der Waals surface area contributed by atoms with Crippen LogP contribution >= 0.6 is 0 Å². The molecule has 1 aliphatic rings. The minimum absolute atomic E-state index is 0.0676. The Kier molecular flexibility index (Phi) is 3.76. The van der Waals surface area contributed by atoms with Gasteiger partial charge in [-0.15, -0.1) is 0 Å². The number of aromatic amines is 1. The van der Waals surface area contributed by atoms with Gasteiger partial charge in [0.2, 0.25) is 5.56 Å². The average molecular weight is 294 g/mol. The van der Waals surface area contributed by atoms with Crippen LogP contribution in [0.25, 0.3) is 0 Å². The lowest BCUT2D eigenvalue weighted by atomic mass is 10.0. The summed E-state index contributed by atoms with van der Waals surface area (Å²) in [6, 6.07) is 1.04. The minimum atomic E-state index is -1.18. The van der Waals surface area contributed by atoms with Gasteiger partial charge >= 0.3 is 12.1 Å². The molecule has 1 amide bonds. The molecule has 0 radical (unpaired) electrons. The SMILES string of the molecule is CC(C)(C)OC(=O)N1CCCc2c(C(=O)O)cc(=O)[nH]c21. The fourth-order valence-corrected chi connectivity index (χ4v) is 2.27. The van der Waals surface area contributed by atoms with Crippen molar-refractivity contribution in [2.75, 3.05) is 11.4 Å². The van der Waals surface area contributed by atoms with Crippen LogP contribution in [0.3, 0.4) is 0 Å². The van der Waals surface area contributed by atoms with Crippen LogP contribution in [0, 0.1) is 0 Å². The number of amides is 1. The number of carbonyl (C=O) groups is 2. The molecule has 21 heavy (non-hydrogen) atoms. The third-order valence-electron chi connectivity index (χ3n) is 3.05.